The molecule has 144 valence electrons. The minimum absolute atomic E-state index is 0.375. The lowest BCUT2D eigenvalue weighted by atomic mass is 9.96. The Labute approximate surface area is 163 Å². The zero-order valence-corrected chi connectivity index (χ0v) is 15.8. The first kappa shape index (κ1) is 17.1. The van der Waals surface area contributed by atoms with Crippen molar-refractivity contribution in [1.29, 1.82) is 0 Å². The van der Waals surface area contributed by atoms with E-state index in [1.54, 1.807) is 6.33 Å². The van der Waals surface area contributed by atoms with Crippen LogP contribution in [-0.2, 0) is 13.0 Å². The van der Waals surface area contributed by atoms with Crippen LogP contribution in [-0.4, -0.2) is 44.8 Å². The van der Waals surface area contributed by atoms with Crippen LogP contribution in [0.25, 0.3) is 0 Å². The quantitative estimate of drug-likeness (QED) is 0.719. The molecule has 3 N–H and O–H groups in total. The lowest BCUT2D eigenvalue weighted by molar-refractivity contribution is 0.484. The van der Waals surface area contributed by atoms with E-state index in [4.69, 9.17) is 5.73 Å². The van der Waals surface area contributed by atoms with E-state index in [-0.39, 0.29) is 0 Å². The van der Waals surface area contributed by atoms with Gasteiger partial charge in [0.05, 0.1) is 6.54 Å². The van der Waals surface area contributed by atoms with Crippen molar-refractivity contribution in [2.45, 2.75) is 31.7 Å². The van der Waals surface area contributed by atoms with Gasteiger partial charge in [-0.3, -0.25) is 5.10 Å². The molecule has 1 aromatic carbocycles. The molecule has 8 heteroatoms. The summed E-state index contributed by atoms with van der Waals surface area (Å²) in [6.07, 6.45) is 4.75. The molecule has 0 unspecified atom stereocenters. The second-order valence-electron chi connectivity index (χ2n) is 7.37. The normalized spacial score (nSPS) is 17.2. The summed E-state index contributed by atoms with van der Waals surface area (Å²) in [5, 5.41) is 7.25. The molecule has 5 rings (SSSR count). The summed E-state index contributed by atoms with van der Waals surface area (Å²) < 4.78 is 0. The van der Waals surface area contributed by atoms with Crippen LogP contribution in [0.4, 0.5) is 17.3 Å². The lowest BCUT2D eigenvalue weighted by Crippen LogP contribution is -2.34. The molecule has 0 radical (unpaired) electrons. The Morgan fingerprint density at radius 1 is 1.07 bits per heavy atom. The van der Waals surface area contributed by atoms with Gasteiger partial charge in [-0.05, 0) is 30.9 Å². The number of nitrogens with two attached hydrogens (primary N) is 1. The molecular weight excluding hydrogens is 352 g/mol. The van der Waals surface area contributed by atoms with Gasteiger partial charge in [-0.1, -0.05) is 18.2 Å². The zero-order valence-electron chi connectivity index (χ0n) is 15.8. The van der Waals surface area contributed by atoms with Crippen LogP contribution in [0.2, 0.25) is 0 Å². The molecule has 4 heterocycles. The highest BCUT2D eigenvalue weighted by Gasteiger charge is 2.26. The molecule has 0 atom stereocenters. The topological polar surface area (TPSA) is 99.8 Å². The highest BCUT2D eigenvalue weighted by molar-refractivity contribution is 5.68. The number of aromatic nitrogens is 5. The number of hydrogen-bond donors (Lipinski definition) is 2. The summed E-state index contributed by atoms with van der Waals surface area (Å²) in [5.74, 6) is 3.98. The first-order chi connectivity index (χ1) is 13.8. The summed E-state index contributed by atoms with van der Waals surface area (Å²) in [5.41, 5.74) is 8.26. The summed E-state index contributed by atoms with van der Waals surface area (Å²) in [7, 11) is 0. The van der Waals surface area contributed by atoms with Gasteiger partial charge in [-0.2, -0.15) is 5.10 Å². The average molecular weight is 376 g/mol. The van der Waals surface area contributed by atoms with Crippen molar-refractivity contribution in [1.82, 2.24) is 25.1 Å². The molecule has 2 aliphatic heterocycles. The van der Waals surface area contributed by atoms with Crippen LogP contribution in [0.1, 0.15) is 36.0 Å². The molecular formula is C20H24N8. The Bertz CT molecular complexity index is 960. The van der Waals surface area contributed by atoms with Gasteiger partial charge in [-0.25, -0.2) is 15.0 Å². The number of fused-ring (bicyclic) bond motifs is 1. The van der Waals surface area contributed by atoms with Gasteiger partial charge in [0.1, 0.15) is 23.8 Å². The van der Waals surface area contributed by atoms with Crippen molar-refractivity contribution in [2.75, 3.05) is 29.4 Å². The number of nitrogens with one attached hydrogen (secondary N) is 1. The van der Waals surface area contributed by atoms with Crippen molar-refractivity contribution < 1.29 is 0 Å². The van der Waals surface area contributed by atoms with Gasteiger partial charge < -0.3 is 15.5 Å². The van der Waals surface area contributed by atoms with Crippen molar-refractivity contribution >= 4 is 17.3 Å². The van der Waals surface area contributed by atoms with E-state index in [9.17, 15) is 0 Å². The van der Waals surface area contributed by atoms with E-state index in [0.29, 0.717) is 12.5 Å². The summed E-state index contributed by atoms with van der Waals surface area (Å²) in [6.45, 7) is 3.23. The van der Waals surface area contributed by atoms with Crippen molar-refractivity contribution in [3.8, 4) is 0 Å². The fraction of sp³-hybridized carbons (Fsp3) is 0.400. The zero-order chi connectivity index (χ0) is 18.9. The third-order valence-corrected chi connectivity index (χ3v) is 5.73. The minimum Gasteiger partial charge on any atom is -0.356 e. The van der Waals surface area contributed by atoms with E-state index in [0.717, 1.165) is 62.2 Å². The molecule has 0 bridgehead atoms. The third kappa shape index (κ3) is 3.09. The number of H-pyrrole nitrogens is 1. The van der Waals surface area contributed by atoms with E-state index in [2.05, 4.69) is 65.3 Å². The maximum Gasteiger partial charge on any atom is 0.153 e. The second-order valence-corrected chi connectivity index (χ2v) is 7.37. The largest absolute Gasteiger partial charge is 0.356 e. The third-order valence-electron chi connectivity index (χ3n) is 5.73. The van der Waals surface area contributed by atoms with Crippen molar-refractivity contribution in [2.24, 2.45) is 5.73 Å². The molecule has 0 amide bonds. The molecule has 28 heavy (non-hydrogen) atoms. The molecule has 2 aromatic heterocycles. The highest BCUT2D eigenvalue weighted by atomic mass is 15.3. The van der Waals surface area contributed by atoms with Crippen molar-refractivity contribution in [3.63, 3.8) is 0 Å². The van der Waals surface area contributed by atoms with Crippen LogP contribution in [0.3, 0.4) is 0 Å². The minimum atomic E-state index is 0.375. The first-order valence-corrected chi connectivity index (χ1v) is 9.85. The monoisotopic (exact) mass is 376 g/mol. The SMILES string of the molecule is NCc1nc(C2CCN(c3cc(N4CCc5ccccc54)ncn3)CC2)n[nH]1. The van der Waals surface area contributed by atoms with E-state index >= 15 is 0 Å². The average Bonchev–Trinajstić information content (AvgIpc) is 3.41. The number of aromatic amines is 1. The fourth-order valence-corrected chi connectivity index (χ4v) is 4.18. The lowest BCUT2D eigenvalue weighted by Gasteiger charge is -2.32. The van der Waals surface area contributed by atoms with Crippen LogP contribution >= 0.6 is 0 Å². The number of rotatable bonds is 4. The smallest absolute Gasteiger partial charge is 0.153 e. The Morgan fingerprint density at radius 2 is 1.89 bits per heavy atom. The predicted molar refractivity (Wildman–Crippen MR) is 108 cm³/mol. The van der Waals surface area contributed by atoms with E-state index in [1.165, 1.54) is 11.3 Å². The summed E-state index contributed by atoms with van der Waals surface area (Å²) in [6, 6.07) is 10.7. The van der Waals surface area contributed by atoms with Gasteiger partial charge in [-0.15, -0.1) is 0 Å². The molecule has 0 spiro atoms. The first-order valence-electron chi connectivity index (χ1n) is 9.85. The molecule has 0 aliphatic carbocycles. The summed E-state index contributed by atoms with van der Waals surface area (Å²) in [4.78, 5) is 18.2. The number of hydrogen-bond acceptors (Lipinski definition) is 7. The molecule has 3 aromatic rings. The van der Waals surface area contributed by atoms with Crippen LogP contribution in [0.5, 0.6) is 0 Å². The maximum absolute atomic E-state index is 5.63. The molecule has 1 saturated heterocycles. The van der Waals surface area contributed by atoms with E-state index < -0.39 is 0 Å². The van der Waals surface area contributed by atoms with Crippen molar-refractivity contribution in [3.05, 3.63) is 53.9 Å². The van der Waals surface area contributed by atoms with Gasteiger partial charge in [0, 0.05) is 37.3 Å². The fourth-order valence-electron chi connectivity index (χ4n) is 4.18. The summed E-state index contributed by atoms with van der Waals surface area (Å²) >= 11 is 0. The Kier molecular flexibility index (Phi) is 4.40. The van der Waals surface area contributed by atoms with Gasteiger partial charge in [0.2, 0.25) is 0 Å². The Balaban J connectivity index is 1.30. The number of para-hydroxylation sites is 1. The molecule has 8 nitrogen and oxygen atoms in total. The number of piperidine rings is 1. The Hall–Kier alpha value is -3.00. The van der Waals surface area contributed by atoms with Gasteiger partial charge >= 0.3 is 0 Å². The number of nitrogens with zero attached hydrogens (tertiary/aromatic N) is 6. The second kappa shape index (κ2) is 7.20. The standard InChI is InChI=1S/C20H24N8/c21-12-17-24-20(26-25-17)15-5-8-27(9-6-15)18-11-19(23-13-22-18)28-10-7-14-3-1-2-4-16(14)28/h1-4,11,13,15H,5-10,12,21H2,(H,24,25,26). The molecule has 2 aliphatic rings. The van der Waals surface area contributed by atoms with E-state index in [1.807, 2.05) is 0 Å². The number of benzene rings is 1. The number of anilines is 3. The van der Waals surface area contributed by atoms with Gasteiger partial charge in [0.25, 0.3) is 0 Å². The van der Waals surface area contributed by atoms with Crippen LogP contribution in [0.15, 0.2) is 36.7 Å². The molecule has 1 fully saturated rings. The predicted octanol–water partition coefficient (Wildman–Crippen LogP) is 2.13. The van der Waals surface area contributed by atoms with Crippen LogP contribution < -0.4 is 15.5 Å². The maximum atomic E-state index is 5.63. The highest BCUT2D eigenvalue weighted by Crippen LogP contribution is 2.35. The van der Waals surface area contributed by atoms with Gasteiger partial charge in [0.15, 0.2) is 5.82 Å². The van der Waals surface area contributed by atoms with Crippen LogP contribution in [0, 0.1) is 0 Å². The molecule has 0 saturated carbocycles. The Morgan fingerprint density at radius 3 is 2.71 bits per heavy atom.